The van der Waals surface area contributed by atoms with E-state index in [0.717, 1.165) is 6.26 Å². The molecule has 0 radical (unpaired) electrons. The number of carbonyl (C=O) groups is 1. The van der Waals surface area contributed by atoms with Crippen LogP contribution in [0.25, 0.3) is 5.69 Å². The number of nitrogens with two attached hydrogens (primary N) is 1. The van der Waals surface area contributed by atoms with Crippen molar-refractivity contribution in [2.75, 3.05) is 26.1 Å². The molecule has 2 aromatic rings. The summed E-state index contributed by atoms with van der Waals surface area (Å²) in [6.45, 7) is 0. The number of nitrogens with zero attached hydrogens (tertiary/aromatic N) is 3. The number of nitrogen functional groups attached to an aromatic ring is 1. The van der Waals surface area contributed by atoms with Crippen molar-refractivity contribution < 1.29 is 13.2 Å². The third-order valence-corrected chi connectivity index (χ3v) is 4.00. The van der Waals surface area contributed by atoms with Crippen LogP contribution in [0.5, 0.6) is 0 Å². The molecule has 0 aliphatic heterocycles. The van der Waals surface area contributed by atoms with E-state index in [1.165, 1.54) is 21.7 Å². The Labute approximate surface area is 122 Å². The van der Waals surface area contributed by atoms with Crippen molar-refractivity contribution in [2.45, 2.75) is 4.90 Å². The van der Waals surface area contributed by atoms with E-state index in [0.29, 0.717) is 5.69 Å². The third kappa shape index (κ3) is 3.05. The summed E-state index contributed by atoms with van der Waals surface area (Å²) in [4.78, 5) is 13.4. The maximum absolute atomic E-state index is 11.8. The molecular formula is C13H16N4O3S. The lowest BCUT2D eigenvalue weighted by Crippen LogP contribution is -2.22. The second-order valence-electron chi connectivity index (χ2n) is 4.84. The van der Waals surface area contributed by atoms with E-state index in [2.05, 4.69) is 5.10 Å². The zero-order valence-electron chi connectivity index (χ0n) is 11.9. The number of anilines is 1. The molecule has 1 aromatic heterocycles. The molecule has 2 rings (SSSR count). The lowest BCUT2D eigenvalue weighted by molar-refractivity contribution is 0.0821. The van der Waals surface area contributed by atoms with Gasteiger partial charge in [0.15, 0.2) is 15.5 Å². The number of sulfone groups is 1. The van der Waals surface area contributed by atoms with Crippen LogP contribution in [0.1, 0.15) is 10.5 Å². The summed E-state index contributed by atoms with van der Waals surface area (Å²) >= 11 is 0. The predicted molar refractivity (Wildman–Crippen MR) is 79.1 cm³/mol. The Kier molecular flexibility index (Phi) is 3.73. The maximum atomic E-state index is 11.8. The first-order valence-electron chi connectivity index (χ1n) is 6.07. The SMILES string of the molecule is CN(C)C(=O)c1ccn(-c2ccc(S(C)(=O)=O)cc2N)n1. The van der Waals surface area contributed by atoms with Gasteiger partial charge in [-0.05, 0) is 24.3 Å². The smallest absolute Gasteiger partial charge is 0.273 e. The molecule has 0 bridgehead atoms. The Hall–Kier alpha value is -2.35. The normalized spacial score (nSPS) is 11.4. The van der Waals surface area contributed by atoms with Gasteiger partial charge in [-0.3, -0.25) is 4.79 Å². The van der Waals surface area contributed by atoms with E-state index < -0.39 is 9.84 Å². The van der Waals surface area contributed by atoms with Gasteiger partial charge in [0.2, 0.25) is 0 Å². The molecule has 0 fully saturated rings. The van der Waals surface area contributed by atoms with Gasteiger partial charge in [0.25, 0.3) is 5.91 Å². The monoisotopic (exact) mass is 308 g/mol. The van der Waals surface area contributed by atoms with Gasteiger partial charge in [0.05, 0.1) is 16.3 Å². The number of aromatic nitrogens is 2. The van der Waals surface area contributed by atoms with Crippen LogP contribution < -0.4 is 5.73 Å². The van der Waals surface area contributed by atoms with E-state index in [9.17, 15) is 13.2 Å². The molecule has 0 atom stereocenters. The fourth-order valence-electron chi connectivity index (χ4n) is 1.77. The Bertz CT molecular complexity index is 793. The molecule has 21 heavy (non-hydrogen) atoms. The fraction of sp³-hybridized carbons (Fsp3) is 0.231. The van der Waals surface area contributed by atoms with Crippen molar-refractivity contribution in [2.24, 2.45) is 0 Å². The molecule has 0 aliphatic carbocycles. The number of carbonyl (C=O) groups excluding carboxylic acids is 1. The van der Waals surface area contributed by atoms with Gasteiger partial charge in [0.1, 0.15) is 0 Å². The van der Waals surface area contributed by atoms with Crippen molar-refractivity contribution in [1.29, 1.82) is 0 Å². The number of hydrogen-bond acceptors (Lipinski definition) is 5. The second kappa shape index (κ2) is 5.21. The van der Waals surface area contributed by atoms with Crippen LogP contribution >= 0.6 is 0 Å². The van der Waals surface area contributed by atoms with Gasteiger partial charge in [0, 0.05) is 26.5 Å². The van der Waals surface area contributed by atoms with Gasteiger partial charge in [-0.2, -0.15) is 5.10 Å². The average molecular weight is 308 g/mol. The topological polar surface area (TPSA) is 98.3 Å². The summed E-state index contributed by atoms with van der Waals surface area (Å²) < 4.78 is 24.4. The minimum atomic E-state index is -3.31. The number of hydrogen-bond donors (Lipinski definition) is 1. The van der Waals surface area contributed by atoms with Crippen LogP contribution in [-0.2, 0) is 9.84 Å². The Morgan fingerprint density at radius 1 is 1.29 bits per heavy atom. The van der Waals surface area contributed by atoms with Gasteiger partial charge in [-0.25, -0.2) is 13.1 Å². The van der Waals surface area contributed by atoms with Crippen molar-refractivity contribution in [3.63, 3.8) is 0 Å². The maximum Gasteiger partial charge on any atom is 0.273 e. The molecule has 0 saturated carbocycles. The second-order valence-corrected chi connectivity index (χ2v) is 6.85. The van der Waals surface area contributed by atoms with Crippen molar-refractivity contribution >= 4 is 21.4 Å². The first-order valence-corrected chi connectivity index (χ1v) is 7.96. The van der Waals surface area contributed by atoms with Crippen LogP contribution in [0.4, 0.5) is 5.69 Å². The average Bonchev–Trinajstić information content (AvgIpc) is 2.85. The highest BCUT2D eigenvalue weighted by Crippen LogP contribution is 2.21. The standard InChI is InChI=1S/C13H16N4O3S/c1-16(2)13(18)11-6-7-17(15-11)12-5-4-9(8-10(12)14)21(3,19)20/h4-8H,14H2,1-3H3. The molecule has 0 aliphatic rings. The molecule has 7 nitrogen and oxygen atoms in total. The van der Waals surface area contributed by atoms with E-state index in [1.807, 2.05) is 0 Å². The fourth-order valence-corrected chi connectivity index (χ4v) is 2.43. The molecule has 1 amide bonds. The molecule has 1 aromatic carbocycles. The first kappa shape index (κ1) is 15.0. The van der Waals surface area contributed by atoms with Crippen LogP contribution in [-0.4, -0.2) is 49.4 Å². The van der Waals surface area contributed by atoms with E-state index in [1.54, 1.807) is 32.4 Å². The number of rotatable bonds is 3. The summed E-state index contributed by atoms with van der Waals surface area (Å²) in [7, 11) is -0.0431. The van der Waals surface area contributed by atoms with Crippen LogP contribution in [0.3, 0.4) is 0 Å². The number of benzene rings is 1. The highest BCUT2D eigenvalue weighted by Gasteiger charge is 2.14. The minimum absolute atomic E-state index is 0.139. The molecule has 2 N–H and O–H groups in total. The number of amides is 1. The van der Waals surface area contributed by atoms with Crippen LogP contribution in [0.2, 0.25) is 0 Å². The van der Waals surface area contributed by atoms with E-state index in [-0.39, 0.29) is 22.2 Å². The summed E-state index contributed by atoms with van der Waals surface area (Å²) in [6.07, 6.45) is 2.71. The van der Waals surface area contributed by atoms with Gasteiger partial charge in [-0.1, -0.05) is 0 Å². The van der Waals surface area contributed by atoms with Crippen LogP contribution in [0.15, 0.2) is 35.4 Å². The van der Waals surface area contributed by atoms with Crippen molar-refractivity contribution in [1.82, 2.24) is 14.7 Å². The lowest BCUT2D eigenvalue weighted by atomic mass is 10.3. The van der Waals surface area contributed by atoms with Crippen LogP contribution in [0, 0.1) is 0 Å². The Balaban J connectivity index is 2.42. The first-order chi connectivity index (χ1) is 9.70. The predicted octanol–water partition coefficient (Wildman–Crippen LogP) is 0.560. The summed E-state index contributed by atoms with van der Waals surface area (Å²) in [6, 6.07) is 5.96. The lowest BCUT2D eigenvalue weighted by Gasteiger charge is -2.09. The Morgan fingerprint density at radius 2 is 1.95 bits per heavy atom. The van der Waals surface area contributed by atoms with E-state index >= 15 is 0 Å². The van der Waals surface area contributed by atoms with Gasteiger partial charge >= 0.3 is 0 Å². The Morgan fingerprint density at radius 3 is 2.48 bits per heavy atom. The van der Waals surface area contributed by atoms with Crippen molar-refractivity contribution in [3.05, 3.63) is 36.2 Å². The molecule has 0 spiro atoms. The largest absolute Gasteiger partial charge is 0.397 e. The molecular weight excluding hydrogens is 292 g/mol. The zero-order chi connectivity index (χ0) is 15.8. The molecule has 0 saturated heterocycles. The van der Waals surface area contributed by atoms with Gasteiger partial charge < -0.3 is 10.6 Å². The van der Waals surface area contributed by atoms with E-state index in [4.69, 9.17) is 5.73 Å². The molecule has 0 unspecified atom stereocenters. The summed E-state index contributed by atoms with van der Waals surface area (Å²) in [5, 5.41) is 4.15. The highest BCUT2D eigenvalue weighted by molar-refractivity contribution is 7.90. The highest BCUT2D eigenvalue weighted by atomic mass is 32.2. The molecule has 1 heterocycles. The minimum Gasteiger partial charge on any atom is -0.397 e. The quantitative estimate of drug-likeness (QED) is 0.835. The van der Waals surface area contributed by atoms with Crippen molar-refractivity contribution in [3.8, 4) is 5.69 Å². The third-order valence-electron chi connectivity index (χ3n) is 2.89. The summed E-state index contributed by atoms with van der Waals surface area (Å²) in [5.74, 6) is -0.222. The van der Waals surface area contributed by atoms with Gasteiger partial charge in [-0.15, -0.1) is 0 Å². The molecule has 112 valence electrons. The molecule has 8 heteroatoms. The zero-order valence-corrected chi connectivity index (χ0v) is 12.8. The summed E-state index contributed by atoms with van der Waals surface area (Å²) in [5.41, 5.74) is 6.94.